The maximum absolute atomic E-state index is 12.6. The Morgan fingerprint density at radius 2 is 1.92 bits per heavy atom. The number of carbonyl (C=O) groups is 1. The van der Waals surface area contributed by atoms with E-state index >= 15 is 0 Å². The average Bonchev–Trinajstić information content (AvgIpc) is 2.99. The van der Waals surface area contributed by atoms with Crippen LogP contribution >= 0.6 is 12.4 Å². The molecule has 0 aliphatic heterocycles. The van der Waals surface area contributed by atoms with Gasteiger partial charge < -0.3 is 11.1 Å². The van der Waals surface area contributed by atoms with Crippen molar-refractivity contribution in [2.24, 2.45) is 17.6 Å². The number of anilines is 1. The van der Waals surface area contributed by atoms with E-state index in [0.717, 1.165) is 30.4 Å². The van der Waals surface area contributed by atoms with Crippen LogP contribution in [0.2, 0.25) is 0 Å². The number of rotatable bonds is 5. The van der Waals surface area contributed by atoms with Crippen LogP contribution in [-0.2, 0) is 14.8 Å². The minimum absolute atomic E-state index is 0. The maximum atomic E-state index is 12.6. The van der Waals surface area contributed by atoms with Crippen LogP contribution in [-0.4, -0.2) is 39.3 Å². The molecule has 0 radical (unpaired) electrons. The zero-order valence-electron chi connectivity index (χ0n) is 15.2. The van der Waals surface area contributed by atoms with Gasteiger partial charge in [0.1, 0.15) is 0 Å². The Hall–Kier alpha value is -1.15. The van der Waals surface area contributed by atoms with Crippen molar-refractivity contribution in [3.8, 4) is 0 Å². The first-order valence-corrected chi connectivity index (χ1v) is 9.67. The van der Waals surface area contributed by atoms with E-state index in [-0.39, 0.29) is 35.0 Å². The molecule has 0 bridgehead atoms. The number of aryl methyl sites for hydroxylation is 1. The number of hydrogen-bond donors (Lipinski definition) is 2. The Morgan fingerprint density at radius 3 is 2.48 bits per heavy atom. The summed E-state index contributed by atoms with van der Waals surface area (Å²) in [4.78, 5) is 12.8. The normalized spacial score (nSPS) is 20.4. The summed E-state index contributed by atoms with van der Waals surface area (Å²) in [5.74, 6) is 0.0498. The van der Waals surface area contributed by atoms with Crippen molar-refractivity contribution in [1.29, 1.82) is 0 Å². The van der Waals surface area contributed by atoms with Crippen LogP contribution in [0.25, 0.3) is 0 Å². The fourth-order valence-corrected chi connectivity index (χ4v) is 4.22. The molecule has 2 atom stereocenters. The summed E-state index contributed by atoms with van der Waals surface area (Å²) in [7, 11) is -0.560. The van der Waals surface area contributed by atoms with Crippen LogP contribution in [0.1, 0.15) is 30.4 Å². The molecule has 1 amide bonds. The van der Waals surface area contributed by atoms with E-state index in [1.54, 1.807) is 12.1 Å². The molecule has 3 N–H and O–H groups in total. The smallest absolute Gasteiger partial charge is 0.242 e. The minimum atomic E-state index is -3.55. The van der Waals surface area contributed by atoms with Gasteiger partial charge in [0.25, 0.3) is 0 Å². The Labute approximate surface area is 156 Å². The van der Waals surface area contributed by atoms with Gasteiger partial charge in [0, 0.05) is 25.7 Å². The van der Waals surface area contributed by atoms with Gasteiger partial charge in [-0.15, -0.1) is 12.4 Å². The fraction of sp³-hybridized carbons (Fsp3) is 0.588. The molecule has 25 heavy (non-hydrogen) atoms. The summed E-state index contributed by atoms with van der Waals surface area (Å²) >= 11 is 0. The predicted molar refractivity (Wildman–Crippen MR) is 103 cm³/mol. The van der Waals surface area contributed by atoms with E-state index in [2.05, 4.69) is 5.32 Å². The van der Waals surface area contributed by atoms with Crippen LogP contribution in [0.5, 0.6) is 0 Å². The zero-order chi connectivity index (χ0) is 18.1. The topological polar surface area (TPSA) is 92.5 Å². The number of halogens is 1. The standard InChI is InChI=1S/C17H27N3O3S.ClH/c1-11-8-14(24(22,23)20(3)4)9-16(12(11)2)19-17(21)15-7-5-6-13(15)10-18;/h8-9,13,15H,5-7,10,18H2,1-4H3,(H,19,21);1H/t13-,15-;/m1./s1. The summed E-state index contributed by atoms with van der Waals surface area (Å²) in [6, 6.07) is 3.18. The first kappa shape index (κ1) is 21.9. The minimum Gasteiger partial charge on any atom is -0.330 e. The summed E-state index contributed by atoms with van der Waals surface area (Å²) < 4.78 is 25.9. The third kappa shape index (κ3) is 4.53. The molecule has 1 aromatic carbocycles. The van der Waals surface area contributed by atoms with Crippen LogP contribution in [0.15, 0.2) is 17.0 Å². The lowest BCUT2D eigenvalue weighted by Gasteiger charge is -2.20. The Morgan fingerprint density at radius 1 is 1.28 bits per heavy atom. The number of benzene rings is 1. The highest BCUT2D eigenvalue weighted by molar-refractivity contribution is 7.89. The quantitative estimate of drug-likeness (QED) is 0.807. The van der Waals surface area contributed by atoms with Gasteiger partial charge in [0.2, 0.25) is 15.9 Å². The van der Waals surface area contributed by atoms with Crippen molar-refractivity contribution in [3.63, 3.8) is 0 Å². The number of carbonyl (C=O) groups excluding carboxylic acids is 1. The van der Waals surface area contributed by atoms with E-state index in [4.69, 9.17) is 5.73 Å². The third-order valence-electron chi connectivity index (χ3n) is 4.98. The van der Waals surface area contributed by atoms with Crippen molar-refractivity contribution in [1.82, 2.24) is 4.31 Å². The number of sulfonamides is 1. The molecular formula is C17H28ClN3O3S. The largest absolute Gasteiger partial charge is 0.330 e. The monoisotopic (exact) mass is 389 g/mol. The summed E-state index contributed by atoms with van der Waals surface area (Å²) in [6.07, 6.45) is 2.82. The lowest BCUT2D eigenvalue weighted by atomic mass is 9.95. The molecule has 0 heterocycles. The van der Waals surface area contributed by atoms with Crippen molar-refractivity contribution in [2.45, 2.75) is 38.0 Å². The Balaban J connectivity index is 0.00000312. The van der Waals surface area contributed by atoms with Crippen molar-refractivity contribution in [2.75, 3.05) is 26.0 Å². The van der Waals surface area contributed by atoms with E-state index < -0.39 is 10.0 Å². The number of nitrogens with one attached hydrogen (secondary N) is 1. The van der Waals surface area contributed by atoms with Gasteiger partial charge in [-0.25, -0.2) is 12.7 Å². The van der Waals surface area contributed by atoms with Crippen LogP contribution in [0.3, 0.4) is 0 Å². The van der Waals surface area contributed by atoms with E-state index in [1.807, 2.05) is 13.8 Å². The predicted octanol–water partition coefficient (Wildman–Crippen LogP) is 2.29. The van der Waals surface area contributed by atoms with E-state index in [9.17, 15) is 13.2 Å². The third-order valence-corrected chi connectivity index (χ3v) is 6.77. The second-order valence-corrected chi connectivity index (χ2v) is 8.87. The molecule has 142 valence electrons. The van der Waals surface area contributed by atoms with E-state index in [1.165, 1.54) is 18.4 Å². The second kappa shape index (κ2) is 8.49. The lowest BCUT2D eigenvalue weighted by Crippen LogP contribution is -2.30. The molecule has 1 fully saturated rings. The Kier molecular flexibility index (Phi) is 7.43. The lowest BCUT2D eigenvalue weighted by molar-refractivity contribution is -0.120. The molecule has 1 aliphatic carbocycles. The van der Waals surface area contributed by atoms with Gasteiger partial charge in [-0.05, 0) is 62.4 Å². The van der Waals surface area contributed by atoms with Crippen LogP contribution in [0.4, 0.5) is 5.69 Å². The highest BCUT2D eigenvalue weighted by atomic mass is 35.5. The van der Waals surface area contributed by atoms with E-state index in [0.29, 0.717) is 12.2 Å². The fourth-order valence-electron chi connectivity index (χ4n) is 3.21. The summed E-state index contributed by atoms with van der Waals surface area (Å²) in [6.45, 7) is 4.23. The maximum Gasteiger partial charge on any atom is 0.242 e. The van der Waals surface area contributed by atoms with Crippen LogP contribution in [0, 0.1) is 25.7 Å². The van der Waals surface area contributed by atoms with Crippen molar-refractivity contribution in [3.05, 3.63) is 23.3 Å². The van der Waals surface area contributed by atoms with Gasteiger partial charge >= 0.3 is 0 Å². The molecule has 0 saturated heterocycles. The molecule has 1 aliphatic rings. The summed E-state index contributed by atoms with van der Waals surface area (Å²) in [5, 5.41) is 2.93. The molecule has 0 unspecified atom stereocenters. The number of nitrogens with zero attached hydrogens (tertiary/aromatic N) is 1. The van der Waals surface area contributed by atoms with Gasteiger partial charge in [-0.3, -0.25) is 4.79 Å². The SMILES string of the molecule is Cc1cc(S(=O)(=O)N(C)C)cc(NC(=O)[C@@H]2CCC[C@@H]2CN)c1C.Cl. The number of nitrogens with two attached hydrogens (primary N) is 1. The van der Waals surface area contributed by atoms with Gasteiger partial charge in [-0.1, -0.05) is 6.42 Å². The highest BCUT2D eigenvalue weighted by Crippen LogP contribution is 2.33. The molecule has 0 spiro atoms. The molecule has 1 saturated carbocycles. The molecule has 0 aromatic heterocycles. The number of hydrogen-bond acceptors (Lipinski definition) is 4. The summed E-state index contributed by atoms with van der Waals surface area (Å²) in [5.41, 5.74) is 8.02. The molecule has 8 heteroatoms. The first-order chi connectivity index (χ1) is 11.2. The molecule has 2 rings (SSSR count). The molecule has 1 aromatic rings. The van der Waals surface area contributed by atoms with Crippen LogP contribution < -0.4 is 11.1 Å². The zero-order valence-corrected chi connectivity index (χ0v) is 16.8. The number of amides is 1. The van der Waals surface area contributed by atoms with Gasteiger partial charge in [0.15, 0.2) is 0 Å². The van der Waals surface area contributed by atoms with Crippen molar-refractivity contribution < 1.29 is 13.2 Å². The van der Waals surface area contributed by atoms with Gasteiger partial charge in [-0.2, -0.15) is 0 Å². The highest BCUT2D eigenvalue weighted by Gasteiger charge is 2.32. The second-order valence-electron chi connectivity index (χ2n) is 6.72. The molecular weight excluding hydrogens is 362 g/mol. The van der Waals surface area contributed by atoms with Gasteiger partial charge in [0.05, 0.1) is 4.90 Å². The average molecular weight is 390 g/mol. The molecule has 6 nitrogen and oxygen atoms in total. The Bertz CT molecular complexity index is 735. The van der Waals surface area contributed by atoms with Crippen molar-refractivity contribution >= 4 is 34.0 Å². The first-order valence-electron chi connectivity index (χ1n) is 8.23.